The maximum absolute atomic E-state index is 14.1. The van der Waals surface area contributed by atoms with E-state index in [1.807, 2.05) is 0 Å². The molecular weight excluding hydrogens is 606 g/mol. The second kappa shape index (κ2) is 11.0. The highest BCUT2D eigenvalue weighted by atomic mass is 35.5. The van der Waals surface area contributed by atoms with Gasteiger partial charge in [0.2, 0.25) is 0 Å². The monoisotopic (exact) mass is 627 g/mol. The third-order valence-corrected chi connectivity index (χ3v) is 8.88. The number of benzene rings is 2. The molecule has 0 radical (unpaired) electrons. The van der Waals surface area contributed by atoms with E-state index in [2.05, 4.69) is 9.71 Å². The van der Waals surface area contributed by atoms with Crippen molar-refractivity contribution in [3.05, 3.63) is 71.8 Å². The van der Waals surface area contributed by atoms with E-state index in [9.17, 15) is 35.4 Å². The van der Waals surface area contributed by atoms with Gasteiger partial charge in [-0.25, -0.2) is 9.93 Å². The normalized spacial score (nSPS) is 16.0. The van der Waals surface area contributed by atoms with E-state index in [-0.39, 0.29) is 41.5 Å². The van der Waals surface area contributed by atoms with Gasteiger partial charge in [0, 0.05) is 41.3 Å². The lowest BCUT2D eigenvalue weighted by atomic mass is 10.0. The van der Waals surface area contributed by atoms with Gasteiger partial charge >= 0.3 is 11.9 Å². The van der Waals surface area contributed by atoms with Gasteiger partial charge in [-0.05, 0) is 35.4 Å². The summed E-state index contributed by atoms with van der Waals surface area (Å²) in [6.07, 6.45) is -4.90. The highest BCUT2D eigenvalue weighted by molar-refractivity contribution is 7.87. The van der Waals surface area contributed by atoms with Crippen molar-refractivity contribution in [2.75, 3.05) is 18.8 Å². The maximum atomic E-state index is 14.1. The number of nitrogens with zero attached hydrogens (tertiary/aromatic N) is 2. The molecule has 4 rings (SSSR count). The Morgan fingerprint density at radius 2 is 1.85 bits per heavy atom. The summed E-state index contributed by atoms with van der Waals surface area (Å²) in [5.74, 6) is 0.251. The van der Waals surface area contributed by atoms with Crippen LogP contribution in [0.1, 0.15) is 23.6 Å². The van der Waals surface area contributed by atoms with Crippen LogP contribution in [-0.2, 0) is 40.3 Å². The molecule has 4 N–H and O–H groups in total. The fourth-order valence-corrected chi connectivity index (χ4v) is 6.46. The van der Waals surface area contributed by atoms with Crippen molar-refractivity contribution >= 4 is 55.1 Å². The number of H-pyrrole nitrogens is 1. The average Bonchev–Trinajstić information content (AvgIpc) is 2.80. The first-order valence-corrected chi connectivity index (χ1v) is 15.0. The smallest absolute Gasteiger partial charge is 0.305 e. The van der Waals surface area contributed by atoms with Gasteiger partial charge in [0.1, 0.15) is 0 Å². The molecule has 1 aromatic heterocycles. The van der Waals surface area contributed by atoms with Crippen LogP contribution in [-0.4, -0.2) is 52.0 Å². The van der Waals surface area contributed by atoms with E-state index < -0.39 is 67.0 Å². The third-order valence-electron chi connectivity index (χ3n) is 6.15. The number of nitrogens with one attached hydrogen (secondary N) is 2. The van der Waals surface area contributed by atoms with Crippen molar-refractivity contribution in [2.24, 2.45) is 5.14 Å². The van der Waals surface area contributed by atoms with E-state index in [4.69, 9.17) is 28.3 Å². The van der Waals surface area contributed by atoms with Crippen LogP contribution in [0.3, 0.4) is 0 Å². The molecule has 17 heteroatoms. The average molecular weight is 628 g/mol. The van der Waals surface area contributed by atoms with Crippen molar-refractivity contribution < 1.29 is 25.8 Å². The molecular formula is C22H22Cl2F3N5O5S2. The van der Waals surface area contributed by atoms with Crippen molar-refractivity contribution in [3.8, 4) is 0 Å². The number of fused-ring (bicyclic) bond motifs is 1. The minimum atomic E-state index is -4.90. The number of nitrogens with two attached hydrogens (primary N) is 1. The molecule has 1 saturated heterocycles. The van der Waals surface area contributed by atoms with Crippen LogP contribution in [0.25, 0.3) is 10.9 Å². The molecule has 1 aliphatic rings. The summed E-state index contributed by atoms with van der Waals surface area (Å²) in [6, 6.07) is 4.49. The number of hydrogen-bond donors (Lipinski definition) is 3. The molecule has 2 heterocycles. The minimum Gasteiger partial charge on any atom is -0.305 e. The molecule has 0 saturated carbocycles. The topological polar surface area (TPSA) is 147 Å². The summed E-state index contributed by atoms with van der Waals surface area (Å²) in [5, 5.41) is 4.26. The first-order chi connectivity index (χ1) is 18.1. The molecule has 39 heavy (non-hydrogen) atoms. The van der Waals surface area contributed by atoms with Gasteiger partial charge < -0.3 is 4.98 Å². The van der Waals surface area contributed by atoms with Gasteiger partial charge in [0.25, 0.3) is 15.8 Å². The molecule has 3 aromatic rings. The lowest BCUT2D eigenvalue weighted by Crippen LogP contribution is -2.59. The lowest BCUT2D eigenvalue weighted by Gasteiger charge is -2.39. The van der Waals surface area contributed by atoms with Crippen molar-refractivity contribution in [3.63, 3.8) is 0 Å². The van der Waals surface area contributed by atoms with E-state index in [1.54, 1.807) is 6.92 Å². The van der Waals surface area contributed by atoms with Gasteiger partial charge in [-0.3, -0.25) is 18.5 Å². The van der Waals surface area contributed by atoms with Gasteiger partial charge in [0.05, 0.1) is 38.8 Å². The third kappa shape index (κ3) is 6.39. The van der Waals surface area contributed by atoms with Crippen LogP contribution < -0.4 is 21.1 Å². The van der Waals surface area contributed by atoms with Crippen LogP contribution >= 0.6 is 23.2 Å². The van der Waals surface area contributed by atoms with E-state index in [0.717, 1.165) is 0 Å². The van der Waals surface area contributed by atoms with Crippen LogP contribution in [0.2, 0.25) is 10.0 Å². The van der Waals surface area contributed by atoms with Gasteiger partial charge in [0.15, 0.2) is 0 Å². The summed E-state index contributed by atoms with van der Waals surface area (Å²) in [5.41, 5.74) is -3.48. The summed E-state index contributed by atoms with van der Waals surface area (Å²) in [7, 11) is -5.44. The Bertz CT molecular complexity index is 1700. The second-order valence-electron chi connectivity index (χ2n) is 8.90. The number of hydrogen-bond acceptors (Lipinski definition) is 6. The van der Waals surface area contributed by atoms with Gasteiger partial charge in [-0.2, -0.15) is 26.3 Å². The van der Waals surface area contributed by atoms with Crippen molar-refractivity contribution in [1.82, 2.24) is 19.2 Å². The molecule has 212 valence electrons. The zero-order chi connectivity index (χ0) is 28.9. The Morgan fingerprint density at radius 3 is 2.44 bits per heavy atom. The van der Waals surface area contributed by atoms with Crippen LogP contribution in [0.5, 0.6) is 0 Å². The Kier molecular flexibility index (Phi) is 8.34. The molecule has 0 aliphatic carbocycles. The van der Waals surface area contributed by atoms with Crippen LogP contribution in [0.4, 0.5) is 13.2 Å². The largest absolute Gasteiger partial charge is 0.416 e. The van der Waals surface area contributed by atoms with Crippen LogP contribution in [0, 0.1) is 0 Å². The van der Waals surface area contributed by atoms with Gasteiger partial charge in [-0.1, -0.05) is 30.1 Å². The molecule has 10 nitrogen and oxygen atoms in total. The fourth-order valence-electron chi connectivity index (χ4n) is 4.39. The SMILES string of the molecule is CCS(=O)c1ccc(Cl)cc1Cn1c(=O)[nH]c2c(Cl)c(CN3CC(NS(N)(=O)=O)C3)c(C(F)(F)F)cc2c1=O. The number of rotatable bonds is 8. The molecule has 1 unspecified atom stereocenters. The standard InChI is InChI=1S/C22H22Cl2F3N5O5S2/c1-2-38(35)17-4-3-12(23)5-11(17)7-32-20(33)14-6-16(22(25,26)27)15(18(24)19(14)29-21(32)34)10-31-8-13(9-31)30-39(28,36)37/h3-6,13,30H,2,7-10H2,1H3,(H,29,34)(H2,28,36,37). The first kappa shape index (κ1) is 29.7. The van der Waals surface area contributed by atoms with Crippen molar-refractivity contribution in [1.29, 1.82) is 0 Å². The second-order valence-corrected chi connectivity index (χ2v) is 12.7. The minimum absolute atomic E-state index is 0.0707. The lowest BCUT2D eigenvalue weighted by molar-refractivity contribution is -0.138. The molecule has 1 fully saturated rings. The predicted octanol–water partition coefficient (Wildman–Crippen LogP) is 2.17. The number of alkyl halides is 3. The zero-order valence-electron chi connectivity index (χ0n) is 20.1. The van der Waals surface area contributed by atoms with Crippen molar-refractivity contribution in [2.45, 2.75) is 37.1 Å². The zero-order valence-corrected chi connectivity index (χ0v) is 23.3. The maximum Gasteiger partial charge on any atom is 0.416 e. The predicted molar refractivity (Wildman–Crippen MR) is 142 cm³/mol. The molecule has 0 spiro atoms. The summed E-state index contributed by atoms with van der Waals surface area (Å²) in [6.45, 7) is 1.10. The van der Waals surface area contributed by atoms with E-state index in [0.29, 0.717) is 21.1 Å². The molecule has 1 atom stereocenters. The summed E-state index contributed by atoms with van der Waals surface area (Å²) < 4.78 is 79.9. The quantitative estimate of drug-likeness (QED) is 0.349. The Morgan fingerprint density at radius 1 is 1.18 bits per heavy atom. The summed E-state index contributed by atoms with van der Waals surface area (Å²) in [4.78, 5) is 30.5. The number of halogens is 5. The Balaban J connectivity index is 1.79. The Hall–Kier alpha value is -2.27. The molecule has 1 aliphatic heterocycles. The Labute approximate surface area is 232 Å². The number of aromatic nitrogens is 2. The van der Waals surface area contributed by atoms with Crippen LogP contribution in [0.15, 0.2) is 38.8 Å². The van der Waals surface area contributed by atoms with E-state index >= 15 is 0 Å². The molecule has 0 amide bonds. The fraction of sp³-hybridized carbons (Fsp3) is 0.364. The van der Waals surface area contributed by atoms with E-state index in [1.165, 1.54) is 23.1 Å². The first-order valence-electron chi connectivity index (χ1n) is 11.3. The number of likely N-dealkylation sites (tertiary alicyclic amines) is 1. The number of aromatic amines is 1. The summed E-state index contributed by atoms with van der Waals surface area (Å²) >= 11 is 12.4. The highest BCUT2D eigenvalue weighted by Gasteiger charge is 2.38. The van der Waals surface area contributed by atoms with Gasteiger partial charge in [-0.15, -0.1) is 0 Å². The highest BCUT2D eigenvalue weighted by Crippen LogP contribution is 2.39. The molecule has 2 aromatic carbocycles. The molecule has 0 bridgehead atoms.